The molecule has 1 heterocycles. The molecule has 2 rings (SSSR count). The van der Waals surface area contributed by atoms with Crippen LogP contribution in [0.5, 0.6) is 0 Å². The highest BCUT2D eigenvalue weighted by Crippen LogP contribution is 2.29. The summed E-state index contributed by atoms with van der Waals surface area (Å²) in [5.41, 5.74) is 0.574. The second-order valence-corrected chi connectivity index (χ2v) is 6.06. The monoisotopic (exact) mass is 332 g/mol. The Labute approximate surface area is 126 Å². The molecule has 1 aromatic carbocycles. The van der Waals surface area contributed by atoms with E-state index in [1.807, 2.05) is 0 Å². The van der Waals surface area contributed by atoms with Gasteiger partial charge >= 0.3 is 0 Å². The number of nitrogens with zero attached hydrogens (tertiary/aromatic N) is 1. The van der Waals surface area contributed by atoms with E-state index in [0.717, 1.165) is 0 Å². The molecule has 0 amide bonds. The Morgan fingerprint density at radius 3 is 2.27 bits per heavy atom. The van der Waals surface area contributed by atoms with Gasteiger partial charge in [0.15, 0.2) is 0 Å². The molecule has 0 radical (unpaired) electrons. The second-order valence-electron chi connectivity index (χ2n) is 4.63. The molecule has 118 valence electrons. The molecule has 0 saturated heterocycles. The van der Waals surface area contributed by atoms with Crippen LogP contribution in [0.2, 0.25) is 0 Å². The Bertz CT molecular complexity index is 726. The van der Waals surface area contributed by atoms with E-state index in [1.165, 1.54) is 12.3 Å². The lowest BCUT2D eigenvalue weighted by Gasteiger charge is -2.14. The summed E-state index contributed by atoms with van der Waals surface area (Å²) in [6.45, 7) is 1.65. The number of hydrogen-bond acceptors (Lipinski definition) is 3. The molecule has 0 aliphatic rings. The number of benzene rings is 1. The maximum atomic E-state index is 13.6. The Balaban J connectivity index is 2.46. The van der Waals surface area contributed by atoms with Crippen molar-refractivity contribution in [2.24, 2.45) is 0 Å². The predicted octanol–water partition coefficient (Wildman–Crippen LogP) is 3.57. The Kier molecular flexibility index (Phi) is 4.80. The van der Waals surface area contributed by atoms with Crippen LogP contribution in [-0.2, 0) is 16.6 Å². The molecule has 0 saturated carbocycles. The average molecular weight is 332 g/mol. The van der Waals surface area contributed by atoms with Gasteiger partial charge in [-0.1, -0.05) is 12.1 Å². The first-order valence-corrected chi connectivity index (χ1v) is 7.89. The summed E-state index contributed by atoms with van der Waals surface area (Å²) in [6, 6.07) is 4.79. The van der Waals surface area contributed by atoms with Gasteiger partial charge in [-0.15, -0.1) is 0 Å². The number of anilines is 2. The fraction of sp³-hybridized carbons (Fsp3) is 0.214. The third-order valence-electron chi connectivity index (χ3n) is 3.06. The lowest BCUT2D eigenvalue weighted by molar-refractivity contribution is 0.411. The van der Waals surface area contributed by atoms with Crippen molar-refractivity contribution in [3.05, 3.63) is 52.9 Å². The summed E-state index contributed by atoms with van der Waals surface area (Å²) < 4.78 is 64.7. The summed E-state index contributed by atoms with van der Waals surface area (Å²) in [6.07, 6.45) is 1.52. The number of rotatable bonds is 4. The molecule has 1 atom stereocenters. The zero-order chi connectivity index (χ0) is 16.4. The van der Waals surface area contributed by atoms with E-state index in [1.54, 1.807) is 19.1 Å². The van der Waals surface area contributed by atoms with Crippen LogP contribution < -0.4 is 5.32 Å². The Morgan fingerprint density at radius 1 is 1.14 bits per heavy atom. The van der Waals surface area contributed by atoms with Crippen molar-refractivity contribution in [1.82, 2.24) is 4.98 Å². The molecule has 1 aromatic heterocycles. The largest absolute Gasteiger partial charge is 0.350 e. The number of hydrogen-bond donors (Lipinski definition) is 1. The molecule has 0 spiro atoms. The minimum Gasteiger partial charge on any atom is -0.350 e. The van der Waals surface area contributed by atoms with Gasteiger partial charge in [0.2, 0.25) is 11.6 Å². The predicted molar refractivity (Wildman–Crippen MR) is 76.3 cm³/mol. The van der Waals surface area contributed by atoms with E-state index in [4.69, 9.17) is 0 Å². The fourth-order valence-electron chi connectivity index (χ4n) is 1.93. The molecule has 0 aliphatic carbocycles. The standard InChI is InChI=1S/C14H12F4N2OS/c1-7-8(6-22(2)21)4-3-5-9(7)19-12-10(15)13(17)20-14(18)11(12)16/h3-5H,6H2,1-2H3,(H,19,20). The summed E-state index contributed by atoms with van der Waals surface area (Å²) in [7, 11) is -1.10. The quantitative estimate of drug-likeness (QED) is 0.687. The molecular formula is C14H12F4N2OS. The van der Waals surface area contributed by atoms with Crippen LogP contribution >= 0.6 is 0 Å². The number of nitrogens with one attached hydrogen (secondary N) is 1. The molecule has 0 aliphatic heterocycles. The number of pyridine rings is 1. The first-order valence-electron chi connectivity index (χ1n) is 6.16. The van der Waals surface area contributed by atoms with Gasteiger partial charge in [-0.2, -0.15) is 22.5 Å². The van der Waals surface area contributed by atoms with Crippen LogP contribution in [0.3, 0.4) is 0 Å². The highest BCUT2D eigenvalue weighted by Gasteiger charge is 2.21. The molecule has 0 fully saturated rings. The Hall–Kier alpha value is -1.96. The van der Waals surface area contributed by atoms with Crippen LogP contribution in [0, 0.1) is 30.5 Å². The maximum absolute atomic E-state index is 13.6. The maximum Gasteiger partial charge on any atom is 0.253 e. The molecule has 2 aromatic rings. The van der Waals surface area contributed by atoms with Crippen molar-refractivity contribution < 1.29 is 21.8 Å². The first-order chi connectivity index (χ1) is 10.3. The van der Waals surface area contributed by atoms with Crippen molar-refractivity contribution in [1.29, 1.82) is 0 Å². The topological polar surface area (TPSA) is 42.0 Å². The third-order valence-corrected chi connectivity index (χ3v) is 3.78. The van der Waals surface area contributed by atoms with E-state index in [9.17, 15) is 21.8 Å². The zero-order valence-electron chi connectivity index (χ0n) is 11.7. The van der Waals surface area contributed by atoms with Gasteiger partial charge < -0.3 is 5.32 Å². The SMILES string of the molecule is Cc1c(CS(C)=O)cccc1Nc1c(F)c(F)nc(F)c1F. The normalized spacial score (nSPS) is 12.3. The minimum absolute atomic E-state index is 0.255. The fourth-order valence-corrected chi connectivity index (χ4v) is 2.68. The van der Waals surface area contributed by atoms with E-state index in [2.05, 4.69) is 10.3 Å². The molecule has 0 bridgehead atoms. The summed E-state index contributed by atoms with van der Waals surface area (Å²) in [5.74, 6) is -6.42. The molecular weight excluding hydrogens is 320 g/mol. The molecule has 3 nitrogen and oxygen atoms in total. The van der Waals surface area contributed by atoms with Gasteiger partial charge in [0, 0.05) is 28.5 Å². The van der Waals surface area contributed by atoms with Crippen LogP contribution in [0.15, 0.2) is 18.2 Å². The van der Waals surface area contributed by atoms with Gasteiger partial charge in [-0.3, -0.25) is 4.21 Å². The van der Waals surface area contributed by atoms with E-state index in [0.29, 0.717) is 11.1 Å². The van der Waals surface area contributed by atoms with Crippen molar-refractivity contribution >= 4 is 22.2 Å². The van der Waals surface area contributed by atoms with E-state index < -0.39 is 40.0 Å². The highest BCUT2D eigenvalue weighted by molar-refractivity contribution is 7.83. The number of aromatic nitrogens is 1. The smallest absolute Gasteiger partial charge is 0.253 e. The van der Waals surface area contributed by atoms with Crippen molar-refractivity contribution in [2.75, 3.05) is 11.6 Å². The lowest BCUT2D eigenvalue weighted by atomic mass is 10.1. The average Bonchev–Trinajstić information content (AvgIpc) is 2.44. The zero-order valence-corrected chi connectivity index (χ0v) is 12.5. The van der Waals surface area contributed by atoms with Crippen LogP contribution in [-0.4, -0.2) is 15.4 Å². The molecule has 1 unspecified atom stereocenters. The highest BCUT2D eigenvalue weighted by atomic mass is 32.2. The van der Waals surface area contributed by atoms with Gasteiger partial charge in [0.05, 0.1) is 0 Å². The second kappa shape index (κ2) is 6.43. The van der Waals surface area contributed by atoms with E-state index >= 15 is 0 Å². The van der Waals surface area contributed by atoms with Gasteiger partial charge in [-0.05, 0) is 24.1 Å². The van der Waals surface area contributed by atoms with Gasteiger partial charge in [-0.25, -0.2) is 0 Å². The summed E-state index contributed by atoms with van der Waals surface area (Å²) in [4.78, 5) is 2.49. The lowest BCUT2D eigenvalue weighted by Crippen LogP contribution is -2.07. The van der Waals surface area contributed by atoms with Crippen LogP contribution in [0.1, 0.15) is 11.1 Å². The van der Waals surface area contributed by atoms with Crippen molar-refractivity contribution in [3.8, 4) is 0 Å². The Morgan fingerprint density at radius 2 is 1.73 bits per heavy atom. The first kappa shape index (κ1) is 16.4. The molecule has 22 heavy (non-hydrogen) atoms. The molecule has 8 heteroatoms. The minimum atomic E-state index is -1.73. The van der Waals surface area contributed by atoms with Crippen LogP contribution in [0.25, 0.3) is 0 Å². The van der Waals surface area contributed by atoms with E-state index in [-0.39, 0.29) is 11.4 Å². The number of halogens is 4. The van der Waals surface area contributed by atoms with Crippen LogP contribution in [0.4, 0.5) is 28.9 Å². The third kappa shape index (κ3) is 3.27. The molecule has 1 N–H and O–H groups in total. The van der Waals surface area contributed by atoms with Gasteiger partial charge in [0.25, 0.3) is 11.9 Å². The van der Waals surface area contributed by atoms with Crippen molar-refractivity contribution in [2.45, 2.75) is 12.7 Å². The summed E-state index contributed by atoms with van der Waals surface area (Å²) >= 11 is 0. The van der Waals surface area contributed by atoms with Gasteiger partial charge in [0.1, 0.15) is 5.69 Å². The van der Waals surface area contributed by atoms with Crippen molar-refractivity contribution in [3.63, 3.8) is 0 Å². The summed E-state index contributed by atoms with van der Waals surface area (Å²) in [5, 5.41) is 2.34.